The Hall–Kier alpha value is -2.50. The molecule has 3 heterocycles. The molecule has 2 aliphatic rings. The highest BCUT2D eigenvalue weighted by Crippen LogP contribution is 2.49. The lowest BCUT2D eigenvalue weighted by atomic mass is 9.81. The van der Waals surface area contributed by atoms with E-state index in [4.69, 9.17) is 0 Å². The fourth-order valence-electron chi connectivity index (χ4n) is 4.14. The maximum absolute atomic E-state index is 12.9. The van der Waals surface area contributed by atoms with Crippen LogP contribution < -0.4 is 0 Å². The zero-order chi connectivity index (χ0) is 16.0. The standard InChI is InChI=1S/C17H17N3O3/c21-15(12-3-7-19-14-4-6-18-8-13(12)14)20-9-11-2-1-5-17(11,10-20)16(22)23/h3-4,6-8,11H,1-2,5,9-10H2,(H,22,23)/t11-,17+/m0/s1. The molecular formula is C17H17N3O3. The Morgan fingerprint density at radius 3 is 2.96 bits per heavy atom. The fraction of sp³-hybridized carbons (Fsp3) is 0.412. The number of carbonyl (C=O) groups excluding carboxylic acids is 1. The van der Waals surface area contributed by atoms with Gasteiger partial charge >= 0.3 is 5.97 Å². The van der Waals surface area contributed by atoms with Crippen molar-refractivity contribution >= 4 is 22.8 Å². The van der Waals surface area contributed by atoms with Crippen molar-refractivity contribution in [1.29, 1.82) is 0 Å². The molecular weight excluding hydrogens is 294 g/mol. The summed E-state index contributed by atoms with van der Waals surface area (Å²) in [4.78, 5) is 34.7. The molecule has 0 unspecified atom stereocenters. The normalized spacial score (nSPS) is 26.4. The van der Waals surface area contributed by atoms with E-state index in [-0.39, 0.29) is 11.8 Å². The summed E-state index contributed by atoms with van der Waals surface area (Å²) in [6.07, 6.45) is 7.37. The minimum Gasteiger partial charge on any atom is -0.481 e. The number of fused-ring (bicyclic) bond motifs is 2. The number of rotatable bonds is 2. The Labute approximate surface area is 133 Å². The number of hydrogen-bond donors (Lipinski definition) is 1. The lowest BCUT2D eigenvalue weighted by molar-refractivity contribution is -0.149. The third-order valence-corrected chi connectivity index (χ3v) is 5.36. The number of aromatic nitrogens is 2. The molecule has 2 aromatic heterocycles. The molecule has 0 bridgehead atoms. The van der Waals surface area contributed by atoms with Gasteiger partial charge in [0.05, 0.1) is 16.5 Å². The molecule has 1 saturated heterocycles. The van der Waals surface area contributed by atoms with Gasteiger partial charge in [-0.2, -0.15) is 0 Å². The predicted molar refractivity (Wildman–Crippen MR) is 82.9 cm³/mol. The Morgan fingerprint density at radius 2 is 2.17 bits per heavy atom. The van der Waals surface area contributed by atoms with Gasteiger partial charge in [-0.1, -0.05) is 6.42 Å². The maximum Gasteiger partial charge on any atom is 0.311 e. The Balaban J connectivity index is 1.69. The van der Waals surface area contributed by atoms with E-state index in [0.29, 0.717) is 30.5 Å². The summed E-state index contributed by atoms with van der Waals surface area (Å²) >= 11 is 0. The number of hydrogen-bond acceptors (Lipinski definition) is 4. The molecule has 1 amide bonds. The molecule has 0 radical (unpaired) electrons. The fourth-order valence-corrected chi connectivity index (χ4v) is 4.14. The Kier molecular flexibility index (Phi) is 3.07. The van der Waals surface area contributed by atoms with Crippen LogP contribution in [0.5, 0.6) is 0 Å². The minimum atomic E-state index is -0.767. The SMILES string of the molecule is O=C(c1ccnc2ccncc12)N1C[C@@H]2CCC[C@@]2(C(=O)O)C1. The molecule has 1 aliphatic heterocycles. The van der Waals surface area contributed by atoms with E-state index in [0.717, 1.165) is 18.4 Å². The van der Waals surface area contributed by atoms with E-state index in [1.54, 1.807) is 35.6 Å². The zero-order valence-corrected chi connectivity index (χ0v) is 12.6. The van der Waals surface area contributed by atoms with Crippen molar-refractivity contribution in [3.05, 3.63) is 36.3 Å². The number of carbonyl (C=O) groups is 2. The highest BCUT2D eigenvalue weighted by molar-refractivity contribution is 6.06. The molecule has 0 spiro atoms. The van der Waals surface area contributed by atoms with Crippen molar-refractivity contribution in [3.63, 3.8) is 0 Å². The van der Waals surface area contributed by atoms with Gasteiger partial charge in [-0.15, -0.1) is 0 Å². The van der Waals surface area contributed by atoms with Crippen molar-refractivity contribution in [2.24, 2.45) is 11.3 Å². The Bertz CT molecular complexity index is 801. The summed E-state index contributed by atoms with van der Waals surface area (Å²) in [6.45, 7) is 0.825. The van der Waals surface area contributed by atoms with E-state index >= 15 is 0 Å². The number of carboxylic acids is 1. The average Bonchev–Trinajstić information content (AvgIpc) is 3.12. The second kappa shape index (κ2) is 5.01. The molecule has 6 heteroatoms. The van der Waals surface area contributed by atoms with E-state index in [2.05, 4.69) is 9.97 Å². The van der Waals surface area contributed by atoms with Crippen LogP contribution in [0.15, 0.2) is 30.7 Å². The van der Waals surface area contributed by atoms with Gasteiger partial charge in [0.15, 0.2) is 0 Å². The van der Waals surface area contributed by atoms with Crippen LogP contribution >= 0.6 is 0 Å². The summed E-state index contributed by atoms with van der Waals surface area (Å²) in [6, 6.07) is 3.46. The van der Waals surface area contributed by atoms with Crippen LogP contribution in [-0.2, 0) is 4.79 Å². The number of likely N-dealkylation sites (tertiary alicyclic amines) is 1. The second-order valence-electron chi connectivity index (χ2n) is 6.49. The molecule has 118 valence electrons. The molecule has 1 N–H and O–H groups in total. The van der Waals surface area contributed by atoms with Gasteiger partial charge in [0.2, 0.25) is 0 Å². The average molecular weight is 311 g/mol. The van der Waals surface area contributed by atoms with Crippen molar-refractivity contribution in [3.8, 4) is 0 Å². The quantitative estimate of drug-likeness (QED) is 0.916. The summed E-state index contributed by atoms with van der Waals surface area (Å²) in [5.74, 6) is -0.827. The van der Waals surface area contributed by atoms with Crippen LogP contribution in [0.4, 0.5) is 0 Å². The first kappa shape index (κ1) is 14.1. The summed E-state index contributed by atoms with van der Waals surface area (Å²) in [5, 5.41) is 10.4. The number of pyridine rings is 2. The minimum absolute atomic E-state index is 0.0650. The summed E-state index contributed by atoms with van der Waals surface area (Å²) < 4.78 is 0. The molecule has 2 atom stereocenters. The van der Waals surface area contributed by atoms with Crippen molar-refractivity contribution in [2.75, 3.05) is 13.1 Å². The first-order chi connectivity index (χ1) is 11.1. The molecule has 1 aliphatic carbocycles. The molecule has 2 fully saturated rings. The van der Waals surface area contributed by atoms with Crippen molar-refractivity contribution < 1.29 is 14.7 Å². The van der Waals surface area contributed by atoms with Crippen LogP contribution in [0.2, 0.25) is 0 Å². The predicted octanol–water partition coefficient (Wildman–Crippen LogP) is 1.96. The monoisotopic (exact) mass is 311 g/mol. The van der Waals surface area contributed by atoms with Crippen LogP contribution in [0.3, 0.4) is 0 Å². The molecule has 6 nitrogen and oxygen atoms in total. The molecule has 0 aromatic carbocycles. The largest absolute Gasteiger partial charge is 0.481 e. The summed E-state index contributed by atoms with van der Waals surface area (Å²) in [7, 11) is 0. The Morgan fingerprint density at radius 1 is 1.30 bits per heavy atom. The third-order valence-electron chi connectivity index (χ3n) is 5.36. The number of carboxylic acid groups (broad SMARTS) is 1. The maximum atomic E-state index is 12.9. The lowest BCUT2D eigenvalue weighted by Gasteiger charge is -2.23. The van der Waals surface area contributed by atoms with E-state index < -0.39 is 11.4 Å². The molecule has 2 aromatic rings. The highest BCUT2D eigenvalue weighted by atomic mass is 16.4. The van der Waals surface area contributed by atoms with Crippen LogP contribution in [0, 0.1) is 11.3 Å². The third kappa shape index (κ3) is 2.01. The van der Waals surface area contributed by atoms with Gasteiger partial charge in [-0.05, 0) is 30.9 Å². The highest BCUT2D eigenvalue weighted by Gasteiger charge is 2.55. The first-order valence-electron chi connectivity index (χ1n) is 7.83. The van der Waals surface area contributed by atoms with Gasteiger partial charge in [-0.3, -0.25) is 19.6 Å². The number of amides is 1. The zero-order valence-electron chi connectivity index (χ0n) is 12.6. The van der Waals surface area contributed by atoms with Gasteiger partial charge in [0.1, 0.15) is 0 Å². The van der Waals surface area contributed by atoms with Crippen molar-refractivity contribution in [2.45, 2.75) is 19.3 Å². The first-order valence-corrected chi connectivity index (χ1v) is 7.83. The van der Waals surface area contributed by atoms with E-state index in [1.807, 2.05) is 0 Å². The van der Waals surface area contributed by atoms with Gasteiger partial charge in [-0.25, -0.2) is 0 Å². The molecule has 23 heavy (non-hydrogen) atoms. The number of nitrogens with zero attached hydrogens (tertiary/aromatic N) is 3. The van der Waals surface area contributed by atoms with Crippen LogP contribution in [0.1, 0.15) is 29.6 Å². The molecule has 4 rings (SSSR count). The van der Waals surface area contributed by atoms with E-state index in [1.165, 1.54) is 0 Å². The van der Waals surface area contributed by atoms with Crippen LogP contribution in [-0.4, -0.2) is 44.9 Å². The van der Waals surface area contributed by atoms with Gasteiger partial charge in [0.25, 0.3) is 5.91 Å². The second-order valence-corrected chi connectivity index (χ2v) is 6.49. The smallest absolute Gasteiger partial charge is 0.311 e. The number of aliphatic carboxylic acids is 1. The lowest BCUT2D eigenvalue weighted by Crippen LogP contribution is -2.37. The summed E-state index contributed by atoms with van der Waals surface area (Å²) in [5.41, 5.74) is 0.512. The van der Waals surface area contributed by atoms with E-state index in [9.17, 15) is 14.7 Å². The van der Waals surface area contributed by atoms with Crippen LogP contribution in [0.25, 0.3) is 10.9 Å². The van der Waals surface area contributed by atoms with Gasteiger partial charge in [0, 0.05) is 37.1 Å². The van der Waals surface area contributed by atoms with Crippen molar-refractivity contribution in [1.82, 2.24) is 14.9 Å². The molecule has 1 saturated carbocycles. The topological polar surface area (TPSA) is 83.4 Å². The van der Waals surface area contributed by atoms with Gasteiger partial charge < -0.3 is 10.0 Å².